The molecule has 0 saturated carbocycles. The van der Waals surface area contributed by atoms with Crippen LogP contribution in [0.3, 0.4) is 0 Å². The van der Waals surface area contributed by atoms with Gasteiger partial charge in [0.15, 0.2) is 0 Å². The molecule has 2 nitrogen and oxygen atoms in total. The van der Waals surface area contributed by atoms with Crippen LogP contribution in [-0.4, -0.2) is 46.8 Å². The van der Waals surface area contributed by atoms with Crippen LogP contribution in [0.5, 0.6) is 0 Å². The Labute approximate surface area is 160 Å². The highest BCUT2D eigenvalue weighted by molar-refractivity contribution is 5.85. The van der Waals surface area contributed by atoms with Crippen molar-refractivity contribution >= 4 is 5.91 Å². The van der Waals surface area contributed by atoms with E-state index in [-0.39, 0.29) is 16.7 Å². The first-order chi connectivity index (χ1) is 13.4. The van der Waals surface area contributed by atoms with E-state index in [1.165, 1.54) is 30.3 Å². The van der Waals surface area contributed by atoms with Crippen LogP contribution in [0, 0.1) is 0 Å². The summed E-state index contributed by atoms with van der Waals surface area (Å²) in [6.45, 7) is 1.85. The smallest absolute Gasteiger partial charge is 0.310 e. The quantitative estimate of drug-likeness (QED) is 0.439. The Morgan fingerprint density at radius 3 is 1.73 bits per heavy atom. The van der Waals surface area contributed by atoms with Gasteiger partial charge in [-0.1, -0.05) is 36.9 Å². The van der Waals surface area contributed by atoms with Crippen molar-refractivity contribution in [2.75, 3.05) is 0 Å². The number of benzene rings is 1. The average Bonchev–Trinajstić information content (AvgIpc) is 2.65. The van der Waals surface area contributed by atoms with Gasteiger partial charge in [0.05, 0.1) is 6.54 Å². The molecule has 30 heavy (non-hydrogen) atoms. The molecular formula is C16H11F12NO. The number of alkyl halides is 12. The number of carbonyl (C=O) groups excluding carboxylic acids is 1. The lowest BCUT2D eigenvalue weighted by Gasteiger charge is -2.39. The van der Waals surface area contributed by atoms with E-state index in [0.29, 0.717) is 0 Å². The molecule has 0 bridgehead atoms. The van der Waals surface area contributed by atoms with E-state index in [1.54, 1.807) is 0 Å². The second-order valence-electron chi connectivity index (χ2n) is 5.82. The standard InChI is InChI=1S/C16H11F12NO/c1-2-29(8-9-6-4-3-5-7-9)11(30)13(21,22)15(25,26)16(27,28)14(23,24)12(19,20)10(17)18/h2-7,10H,1,8H2. The number of hydrogen-bond acceptors (Lipinski definition) is 1. The Morgan fingerprint density at radius 2 is 1.33 bits per heavy atom. The van der Waals surface area contributed by atoms with Crippen LogP contribution in [-0.2, 0) is 11.3 Å². The van der Waals surface area contributed by atoms with Crippen molar-refractivity contribution in [3.63, 3.8) is 0 Å². The van der Waals surface area contributed by atoms with Gasteiger partial charge in [-0.15, -0.1) is 0 Å². The summed E-state index contributed by atoms with van der Waals surface area (Å²) < 4.78 is 158. The van der Waals surface area contributed by atoms with Gasteiger partial charge in [0.2, 0.25) is 0 Å². The number of nitrogens with zero attached hydrogens (tertiary/aromatic N) is 1. The van der Waals surface area contributed by atoms with Crippen LogP contribution in [0.25, 0.3) is 0 Å². The Morgan fingerprint density at radius 1 is 0.867 bits per heavy atom. The van der Waals surface area contributed by atoms with Crippen molar-refractivity contribution in [3.05, 3.63) is 48.7 Å². The summed E-state index contributed by atoms with van der Waals surface area (Å²) in [5.74, 6) is -40.0. The number of hydrogen-bond donors (Lipinski definition) is 0. The van der Waals surface area contributed by atoms with Gasteiger partial charge < -0.3 is 4.90 Å². The maximum Gasteiger partial charge on any atom is 0.393 e. The van der Waals surface area contributed by atoms with E-state index >= 15 is 0 Å². The van der Waals surface area contributed by atoms with Gasteiger partial charge in [-0.2, -0.15) is 43.9 Å². The van der Waals surface area contributed by atoms with Crippen LogP contribution in [0.15, 0.2) is 43.1 Å². The highest BCUT2D eigenvalue weighted by atomic mass is 19.4. The lowest BCUT2D eigenvalue weighted by molar-refractivity contribution is -0.407. The highest BCUT2D eigenvalue weighted by Crippen LogP contribution is 2.58. The fourth-order valence-corrected chi connectivity index (χ4v) is 2.05. The predicted octanol–water partition coefficient (Wildman–Crippen LogP) is 5.60. The molecule has 170 valence electrons. The minimum absolute atomic E-state index is 0.0220. The number of halogens is 12. The average molecular weight is 461 g/mol. The monoisotopic (exact) mass is 461 g/mol. The summed E-state index contributed by atoms with van der Waals surface area (Å²) in [4.78, 5) is 11.4. The van der Waals surface area contributed by atoms with Crippen LogP contribution in [0.4, 0.5) is 52.7 Å². The first kappa shape index (κ1) is 25.6. The normalized spacial score (nSPS) is 14.0. The summed E-state index contributed by atoms with van der Waals surface area (Å²) >= 11 is 0. The number of amides is 1. The van der Waals surface area contributed by atoms with Crippen molar-refractivity contribution < 1.29 is 57.5 Å². The molecule has 14 heteroatoms. The van der Waals surface area contributed by atoms with Gasteiger partial charge >= 0.3 is 41.9 Å². The molecule has 0 atom stereocenters. The second kappa shape index (κ2) is 8.02. The third-order valence-corrected chi connectivity index (χ3v) is 3.82. The fourth-order valence-electron chi connectivity index (χ4n) is 2.05. The molecule has 0 radical (unpaired) electrons. The lowest BCUT2D eigenvalue weighted by Crippen LogP contribution is -2.70. The van der Waals surface area contributed by atoms with E-state index in [0.717, 1.165) is 0 Å². The van der Waals surface area contributed by atoms with Gasteiger partial charge in [-0.05, 0) is 5.56 Å². The zero-order chi connectivity index (χ0) is 23.8. The molecule has 0 fully saturated rings. The summed E-state index contributed by atoms with van der Waals surface area (Å²) in [5.41, 5.74) is -0.0220. The van der Waals surface area contributed by atoms with Gasteiger partial charge in [0.1, 0.15) is 0 Å². The zero-order valence-corrected chi connectivity index (χ0v) is 14.3. The van der Waals surface area contributed by atoms with Crippen molar-refractivity contribution in [1.82, 2.24) is 4.90 Å². The minimum atomic E-state index is -7.77. The summed E-state index contributed by atoms with van der Waals surface area (Å²) in [5, 5.41) is 0. The van der Waals surface area contributed by atoms with E-state index in [4.69, 9.17) is 0 Å². The second-order valence-corrected chi connectivity index (χ2v) is 5.82. The Balaban J connectivity index is 3.39. The maximum atomic E-state index is 13.9. The van der Waals surface area contributed by atoms with E-state index in [1.807, 2.05) is 0 Å². The summed E-state index contributed by atoms with van der Waals surface area (Å²) in [6.07, 6.45) is -5.44. The number of rotatable bonds is 9. The van der Waals surface area contributed by atoms with Crippen molar-refractivity contribution in [2.24, 2.45) is 0 Å². The maximum absolute atomic E-state index is 13.9. The molecule has 0 N–H and O–H groups in total. The molecular weight excluding hydrogens is 450 g/mol. The largest absolute Gasteiger partial charge is 0.393 e. The van der Waals surface area contributed by atoms with Crippen molar-refractivity contribution in [2.45, 2.75) is 42.6 Å². The minimum Gasteiger partial charge on any atom is -0.310 e. The molecule has 0 aliphatic carbocycles. The first-order valence-corrected chi connectivity index (χ1v) is 7.54. The summed E-state index contributed by atoms with van der Waals surface area (Å²) in [6, 6.07) is 6.36. The van der Waals surface area contributed by atoms with E-state index in [9.17, 15) is 57.5 Å². The Hall–Kier alpha value is -2.41. The molecule has 1 amide bonds. The third kappa shape index (κ3) is 3.83. The molecule has 0 saturated heterocycles. The molecule has 1 rings (SSSR count). The fraction of sp³-hybridized carbons (Fsp3) is 0.438. The zero-order valence-electron chi connectivity index (χ0n) is 14.3. The molecule has 1 aromatic rings. The van der Waals surface area contributed by atoms with Gasteiger partial charge in [-0.25, -0.2) is 8.78 Å². The SMILES string of the molecule is C=CN(Cc1ccccc1)C(=O)C(F)(F)C(F)(F)C(F)(F)C(F)(F)C(F)(F)C(F)F. The van der Waals surface area contributed by atoms with E-state index in [2.05, 4.69) is 6.58 Å². The molecule has 1 aromatic carbocycles. The topological polar surface area (TPSA) is 20.3 Å². The van der Waals surface area contributed by atoms with Crippen LogP contribution < -0.4 is 0 Å². The number of carbonyl (C=O) groups is 1. The van der Waals surface area contributed by atoms with Crippen molar-refractivity contribution in [1.29, 1.82) is 0 Å². The van der Waals surface area contributed by atoms with Gasteiger partial charge in [0, 0.05) is 6.20 Å². The Bertz CT molecular complexity index is 763. The predicted molar refractivity (Wildman–Crippen MR) is 77.9 cm³/mol. The third-order valence-electron chi connectivity index (χ3n) is 3.82. The van der Waals surface area contributed by atoms with Crippen LogP contribution in [0.1, 0.15) is 5.56 Å². The molecule has 0 spiro atoms. The molecule has 0 aliphatic heterocycles. The highest BCUT2D eigenvalue weighted by Gasteiger charge is 2.89. The lowest BCUT2D eigenvalue weighted by atomic mass is 9.93. The molecule has 0 aromatic heterocycles. The Kier molecular flexibility index (Phi) is 6.85. The summed E-state index contributed by atoms with van der Waals surface area (Å²) in [7, 11) is 0. The molecule has 0 heterocycles. The molecule has 0 aliphatic rings. The van der Waals surface area contributed by atoms with Crippen LogP contribution >= 0.6 is 0 Å². The first-order valence-electron chi connectivity index (χ1n) is 7.54. The van der Waals surface area contributed by atoms with Gasteiger partial charge in [-0.3, -0.25) is 4.79 Å². The van der Waals surface area contributed by atoms with E-state index < -0.39 is 48.5 Å². The van der Waals surface area contributed by atoms with Gasteiger partial charge in [0.25, 0.3) is 0 Å². The molecule has 0 unspecified atom stereocenters. The van der Waals surface area contributed by atoms with Crippen molar-refractivity contribution in [3.8, 4) is 0 Å². The van der Waals surface area contributed by atoms with Crippen LogP contribution in [0.2, 0.25) is 0 Å².